The molecular formula is C5H9BrS2. The van der Waals surface area contributed by atoms with Gasteiger partial charge in [0.1, 0.15) is 0 Å². The van der Waals surface area contributed by atoms with Gasteiger partial charge in [-0.1, -0.05) is 22.9 Å². The van der Waals surface area contributed by atoms with Crippen LogP contribution >= 0.6 is 39.5 Å². The summed E-state index contributed by atoms with van der Waals surface area (Å²) in [7, 11) is 0. The van der Waals surface area contributed by atoms with Crippen LogP contribution in [0.15, 0.2) is 0 Å². The third-order valence-corrected chi connectivity index (χ3v) is 5.82. The van der Waals surface area contributed by atoms with Gasteiger partial charge in [0.15, 0.2) is 0 Å². The Morgan fingerprint density at radius 1 is 1.75 bits per heavy atom. The zero-order valence-electron chi connectivity index (χ0n) is 4.76. The van der Waals surface area contributed by atoms with Crippen LogP contribution in [-0.2, 0) is 0 Å². The van der Waals surface area contributed by atoms with E-state index in [0.29, 0.717) is 0 Å². The molecule has 1 heterocycles. The monoisotopic (exact) mass is 212 g/mol. The number of thioether (sulfide) groups is 2. The lowest BCUT2D eigenvalue weighted by Crippen LogP contribution is -1.92. The fourth-order valence-corrected chi connectivity index (χ4v) is 4.51. The predicted molar refractivity (Wildman–Crippen MR) is 47.1 cm³/mol. The summed E-state index contributed by atoms with van der Waals surface area (Å²) in [6.45, 7) is 2.29. The molecule has 0 aromatic carbocycles. The van der Waals surface area contributed by atoms with Gasteiger partial charge in [-0.05, 0) is 0 Å². The second kappa shape index (κ2) is 3.37. The van der Waals surface area contributed by atoms with Crippen LogP contribution in [0.5, 0.6) is 0 Å². The molecule has 1 fully saturated rings. The molecule has 0 aromatic rings. The fourth-order valence-electron chi connectivity index (χ4n) is 0.661. The molecule has 1 aliphatic heterocycles. The maximum atomic E-state index is 3.46. The Bertz CT molecular complexity index is 76.8. The molecular weight excluding hydrogens is 204 g/mol. The third-order valence-electron chi connectivity index (χ3n) is 1.03. The summed E-state index contributed by atoms with van der Waals surface area (Å²) in [4.78, 5) is 0. The largest absolute Gasteiger partial charge is 0.146 e. The van der Waals surface area contributed by atoms with Crippen molar-refractivity contribution in [1.29, 1.82) is 0 Å². The second-order valence-electron chi connectivity index (χ2n) is 1.86. The minimum Gasteiger partial charge on any atom is -0.146 e. The van der Waals surface area contributed by atoms with Crippen LogP contribution in [-0.4, -0.2) is 20.9 Å². The summed E-state index contributed by atoms with van der Waals surface area (Å²) in [6, 6.07) is 0. The van der Waals surface area contributed by atoms with Crippen LogP contribution < -0.4 is 0 Å². The molecule has 1 saturated heterocycles. The van der Waals surface area contributed by atoms with Gasteiger partial charge in [-0.15, -0.1) is 23.5 Å². The average Bonchev–Trinajstić information content (AvgIpc) is 2.14. The lowest BCUT2D eigenvalue weighted by Gasteiger charge is -1.99. The number of rotatable bonds is 1. The van der Waals surface area contributed by atoms with Crippen LogP contribution in [0.1, 0.15) is 6.92 Å². The molecule has 0 saturated carbocycles. The average molecular weight is 213 g/mol. The van der Waals surface area contributed by atoms with Crippen molar-refractivity contribution in [2.75, 3.05) is 11.1 Å². The van der Waals surface area contributed by atoms with E-state index in [1.165, 1.54) is 5.75 Å². The van der Waals surface area contributed by atoms with Crippen molar-refractivity contribution < 1.29 is 0 Å². The van der Waals surface area contributed by atoms with Crippen LogP contribution in [0.25, 0.3) is 0 Å². The highest BCUT2D eigenvalue weighted by Gasteiger charge is 2.20. The van der Waals surface area contributed by atoms with Gasteiger partial charge in [0, 0.05) is 16.3 Å². The first-order chi connectivity index (χ1) is 3.83. The van der Waals surface area contributed by atoms with E-state index in [1.807, 2.05) is 0 Å². The molecule has 0 radical (unpaired) electrons. The van der Waals surface area contributed by atoms with E-state index in [9.17, 15) is 0 Å². The van der Waals surface area contributed by atoms with Crippen LogP contribution in [0.4, 0.5) is 0 Å². The van der Waals surface area contributed by atoms with E-state index in [2.05, 4.69) is 46.4 Å². The van der Waals surface area contributed by atoms with E-state index in [4.69, 9.17) is 0 Å². The normalized spacial score (nSPS) is 38.2. The van der Waals surface area contributed by atoms with Crippen LogP contribution in [0, 0.1) is 0 Å². The molecule has 0 amide bonds. The Labute approximate surface area is 67.3 Å². The van der Waals surface area contributed by atoms with Gasteiger partial charge in [-0.25, -0.2) is 0 Å². The molecule has 2 atom stereocenters. The summed E-state index contributed by atoms with van der Waals surface area (Å²) in [5, 5.41) is 2.02. The molecule has 48 valence electrons. The molecule has 0 bridgehead atoms. The third kappa shape index (κ3) is 1.85. The van der Waals surface area contributed by atoms with Crippen molar-refractivity contribution in [2.24, 2.45) is 0 Å². The summed E-state index contributed by atoms with van der Waals surface area (Å²) in [5.41, 5.74) is 0. The Balaban J connectivity index is 2.22. The molecule has 2 unspecified atom stereocenters. The minimum absolute atomic E-state index is 0.824. The van der Waals surface area contributed by atoms with Gasteiger partial charge in [0.25, 0.3) is 0 Å². The van der Waals surface area contributed by atoms with E-state index < -0.39 is 0 Å². The fraction of sp³-hybridized carbons (Fsp3) is 1.00. The smallest absolute Gasteiger partial charge is 0.0602 e. The highest BCUT2D eigenvalue weighted by molar-refractivity contribution is 9.09. The molecule has 0 N–H and O–H groups in total. The summed E-state index contributed by atoms with van der Waals surface area (Å²) in [6.07, 6.45) is 0. The maximum Gasteiger partial charge on any atom is 0.0602 e. The van der Waals surface area contributed by atoms with Crippen molar-refractivity contribution in [3.63, 3.8) is 0 Å². The standard InChI is InChI=1S/C5H9BrS2/c1-4-3-7-5(2-6)8-4/h4-5H,2-3H2,1H3. The zero-order valence-corrected chi connectivity index (χ0v) is 7.98. The van der Waals surface area contributed by atoms with Gasteiger partial charge < -0.3 is 0 Å². The Kier molecular flexibility index (Phi) is 3.07. The second-order valence-corrected chi connectivity index (χ2v) is 5.69. The van der Waals surface area contributed by atoms with Crippen molar-refractivity contribution in [3.8, 4) is 0 Å². The Morgan fingerprint density at radius 3 is 2.75 bits per heavy atom. The highest BCUT2D eigenvalue weighted by atomic mass is 79.9. The lowest BCUT2D eigenvalue weighted by molar-refractivity contribution is 1.15. The molecule has 1 rings (SSSR count). The van der Waals surface area contributed by atoms with Crippen molar-refractivity contribution >= 4 is 39.5 Å². The number of alkyl halides is 1. The van der Waals surface area contributed by atoms with Gasteiger partial charge >= 0.3 is 0 Å². The quantitative estimate of drug-likeness (QED) is 0.614. The molecule has 8 heavy (non-hydrogen) atoms. The van der Waals surface area contributed by atoms with Crippen LogP contribution in [0.2, 0.25) is 0 Å². The molecule has 0 aliphatic carbocycles. The lowest BCUT2D eigenvalue weighted by atomic mass is 10.6. The van der Waals surface area contributed by atoms with Gasteiger partial charge in [-0.2, -0.15) is 0 Å². The minimum atomic E-state index is 0.824. The topological polar surface area (TPSA) is 0 Å². The molecule has 1 aliphatic rings. The van der Waals surface area contributed by atoms with Gasteiger partial charge in [-0.3, -0.25) is 0 Å². The van der Waals surface area contributed by atoms with E-state index >= 15 is 0 Å². The maximum absolute atomic E-state index is 3.46. The highest BCUT2D eigenvalue weighted by Crippen LogP contribution is 2.38. The first kappa shape index (κ1) is 7.29. The van der Waals surface area contributed by atoms with E-state index in [0.717, 1.165) is 15.2 Å². The predicted octanol–water partition coefficient (Wildman–Crippen LogP) is 2.58. The summed E-state index contributed by atoms with van der Waals surface area (Å²) in [5.74, 6) is 1.33. The van der Waals surface area contributed by atoms with Crippen molar-refractivity contribution in [2.45, 2.75) is 16.8 Å². The van der Waals surface area contributed by atoms with E-state index in [-0.39, 0.29) is 0 Å². The van der Waals surface area contributed by atoms with Crippen molar-refractivity contribution in [1.82, 2.24) is 0 Å². The number of halogens is 1. The van der Waals surface area contributed by atoms with Gasteiger partial charge in [0.2, 0.25) is 0 Å². The van der Waals surface area contributed by atoms with Crippen molar-refractivity contribution in [3.05, 3.63) is 0 Å². The van der Waals surface area contributed by atoms with Crippen LogP contribution in [0.3, 0.4) is 0 Å². The first-order valence-corrected chi connectivity index (χ1v) is 5.77. The number of hydrogen-bond donors (Lipinski definition) is 0. The summed E-state index contributed by atoms with van der Waals surface area (Å²) < 4.78 is 0.824. The molecule has 0 spiro atoms. The Morgan fingerprint density at radius 2 is 2.50 bits per heavy atom. The molecule has 0 aromatic heterocycles. The SMILES string of the molecule is CC1CSC(CBr)S1. The number of hydrogen-bond acceptors (Lipinski definition) is 2. The first-order valence-electron chi connectivity index (χ1n) is 2.66. The summed E-state index contributed by atoms with van der Waals surface area (Å²) >= 11 is 7.61. The zero-order chi connectivity index (χ0) is 5.98. The Hall–Kier alpha value is 1.18. The van der Waals surface area contributed by atoms with E-state index in [1.54, 1.807) is 0 Å². The molecule has 0 nitrogen and oxygen atoms in total. The van der Waals surface area contributed by atoms with Gasteiger partial charge in [0.05, 0.1) is 4.58 Å². The molecule has 3 heteroatoms.